The summed E-state index contributed by atoms with van der Waals surface area (Å²) in [7, 11) is 0. The second kappa shape index (κ2) is 9.28. The first-order valence-electron chi connectivity index (χ1n) is 13.0. The van der Waals surface area contributed by atoms with Crippen molar-refractivity contribution in [1.82, 2.24) is 9.97 Å². The van der Waals surface area contributed by atoms with Crippen molar-refractivity contribution in [1.29, 1.82) is 5.26 Å². The molecule has 184 valence electrons. The van der Waals surface area contributed by atoms with E-state index in [1.807, 2.05) is 6.07 Å². The van der Waals surface area contributed by atoms with Gasteiger partial charge in [-0.3, -0.25) is 4.79 Å². The van der Waals surface area contributed by atoms with E-state index in [2.05, 4.69) is 67.3 Å². The van der Waals surface area contributed by atoms with Crippen molar-refractivity contribution in [3.05, 3.63) is 53.1 Å². The Hall–Kier alpha value is -2.91. The van der Waals surface area contributed by atoms with Gasteiger partial charge in [0.05, 0.1) is 18.4 Å². The number of anilines is 1. The fourth-order valence-corrected chi connectivity index (χ4v) is 6.38. The molecule has 1 aliphatic carbocycles. The summed E-state index contributed by atoms with van der Waals surface area (Å²) in [6.07, 6.45) is 11.1. The molecule has 2 bridgehead atoms. The largest absolute Gasteiger partial charge is 0.375 e. The average molecular weight is 473 g/mol. The molecule has 0 saturated carbocycles. The molecule has 1 amide bonds. The zero-order chi connectivity index (χ0) is 24.7. The number of aromatic nitrogens is 2. The highest BCUT2D eigenvalue weighted by molar-refractivity contribution is 6.03. The van der Waals surface area contributed by atoms with E-state index in [0.717, 1.165) is 43.4 Å². The predicted molar refractivity (Wildman–Crippen MR) is 137 cm³/mol. The number of fused-ring (bicyclic) bond motifs is 2. The fraction of sp³-hybridized carbons (Fsp3) is 0.552. The van der Waals surface area contributed by atoms with Crippen molar-refractivity contribution >= 4 is 17.2 Å². The highest BCUT2D eigenvalue weighted by Crippen LogP contribution is 2.47. The van der Waals surface area contributed by atoms with E-state index in [1.54, 1.807) is 0 Å². The smallest absolute Gasteiger partial charge is 0.291 e. The Morgan fingerprint density at radius 3 is 2.83 bits per heavy atom. The maximum atomic E-state index is 13.0. The number of imidazole rings is 1. The molecule has 3 heterocycles. The van der Waals surface area contributed by atoms with Crippen LogP contribution in [-0.4, -0.2) is 28.1 Å². The summed E-state index contributed by atoms with van der Waals surface area (Å²) in [6.45, 7) is 9.34. The molecule has 5 atom stereocenters. The van der Waals surface area contributed by atoms with Crippen LogP contribution in [0.25, 0.3) is 5.57 Å². The number of allylic oxidation sites excluding steroid dienone is 2. The van der Waals surface area contributed by atoms with Crippen LogP contribution < -0.4 is 5.32 Å². The number of aromatic amines is 1. The van der Waals surface area contributed by atoms with E-state index in [-0.39, 0.29) is 17.4 Å². The number of carbonyl (C=O) groups excluding carboxylic acids is 1. The SMILES string of the molecule is C[C@@H]1C[C@@H]2CC[C@@H](O2)[C@H](C)C1c1ccc(NC(=O)c2ncc(C#N)[nH]2)c(C2=CCC(C)(C)CC2)c1. The number of benzene rings is 1. The van der Waals surface area contributed by atoms with Crippen LogP contribution in [0.15, 0.2) is 30.5 Å². The Kier molecular flexibility index (Phi) is 6.31. The van der Waals surface area contributed by atoms with Gasteiger partial charge in [-0.2, -0.15) is 5.26 Å². The monoisotopic (exact) mass is 472 g/mol. The van der Waals surface area contributed by atoms with Gasteiger partial charge in [-0.1, -0.05) is 39.8 Å². The summed E-state index contributed by atoms with van der Waals surface area (Å²) in [4.78, 5) is 19.8. The van der Waals surface area contributed by atoms with Crippen molar-refractivity contribution in [3.63, 3.8) is 0 Å². The van der Waals surface area contributed by atoms with Crippen LogP contribution in [0.1, 0.15) is 99.6 Å². The molecule has 1 unspecified atom stereocenters. The van der Waals surface area contributed by atoms with Crippen LogP contribution >= 0.6 is 0 Å². The molecule has 6 nitrogen and oxygen atoms in total. The summed E-state index contributed by atoms with van der Waals surface area (Å²) in [6, 6.07) is 8.55. The minimum absolute atomic E-state index is 0.148. The number of nitrogens with one attached hydrogen (secondary N) is 2. The normalized spacial score (nSPS) is 29.7. The number of H-pyrrole nitrogens is 1. The fourth-order valence-electron chi connectivity index (χ4n) is 6.38. The summed E-state index contributed by atoms with van der Waals surface area (Å²) in [5.41, 5.74) is 5.11. The summed E-state index contributed by atoms with van der Waals surface area (Å²) < 4.78 is 6.36. The van der Waals surface area contributed by atoms with Crippen LogP contribution in [0.5, 0.6) is 0 Å². The molecule has 1 aromatic carbocycles. The Bertz CT molecular complexity index is 1190. The Morgan fingerprint density at radius 1 is 1.29 bits per heavy atom. The number of nitrogens with zero attached hydrogens (tertiary/aromatic N) is 2. The zero-order valence-electron chi connectivity index (χ0n) is 21.2. The van der Waals surface area contributed by atoms with Crippen LogP contribution in [0.2, 0.25) is 0 Å². The van der Waals surface area contributed by atoms with Crippen LogP contribution in [-0.2, 0) is 4.74 Å². The van der Waals surface area contributed by atoms with Gasteiger partial charge >= 0.3 is 0 Å². The maximum absolute atomic E-state index is 13.0. The third-order valence-corrected chi connectivity index (χ3v) is 8.45. The van der Waals surface area contributed by atoms with Crippen molar-refractivity contribution in [2.75, 3.05) is 5.32 Å². The van der Waals surface area contributed by atoms with Gasteiger partial charge in [-0.05, 0) is 85.0 Å². The first kappa shape index (κ1) is 23.8. The van der Waals surface area contributed by atoms with Crippen LogP contribution in [0, 0.1) is 28.6 Å². The molecule has 2 N–H and O–H groups in total. The summed E-state index contributed by atoms with van der Waals surface area (Å²) >= 11 is 0. The van der Waals surface area contributed by atoms with E-state index >= 15 is 0 Å². The van der Waals surface area contributed by atoms with Gasteiger partial charge in [0.25, 0.3) is 5.91 Å². The third kappa shape index (κ3) is 4.79. The minimum atomic E-state index is -0.334. The zero-order valence-corrected chi connectivity index (χ0v) is 21.2. The lowest BCUT2D eigenvalue weighted by Crippen LogP contribution is -2.26. The number of hydrogen-bond donors (Lipinski definition) is 2. The van der Waals surface area contributed by atoms with Gasteiger partial charge in [0.2, 0.25) is 0 Å². The number of carbonyl (C=O) groups is 1. The van der Waals surface area contributed by atoms with E-state index in [4.69, 9.17) is 10.00 Å². The van der Waals surface area contributed by atoms with Gasteiger partial charge in [-0.15, -0.1) is 0 Å². The number of ether oxygens (including phenoxy) is 1. The van der Waals surface area contributed by atoms with Crippen molar-refractivity contribution in [2.24, 2.45) is 17.3 Å². The van der Waals surface area contributed by atoms with Crippen molar-refractivity contribution in [3.8, 4) is 6.07 Å². The molecule has 2 saturated heterocycles. The van der Waals surface area contributed by atoms with E-state index < -0.39 is 0 Å². The lowest BCUT2D eigenvalue weighted by atomic mass is 9.72. The lowest BCUT2D eigenvalue weighted by Gasteiger charge is -2.33. The van der Waals surface area contributed by atoms with E-state index in [1.165, 1.54) is 23.8 Å². The molecule has 0 radical (unpaired) electrons. The van der Waals surface area contributed by atoms with Crippen LogP contribution in [0.4, 0.5) is 5.69 Å². The van der Waals surface area contributed by atoms with E-state index in [0.29, 0.717) is 35.4 Å². The molecule has 1 aromatic heterocycles. The molecule has 6 heteroatoms. The second-order valence-electron chi connectivity index (χ2n) is 11.6. The van der Waals surface area contributed by atoms with Crippen molar-refractivity contribution in [2.45, 2.75) is 84.3 Å². The topological polar surface area (TPSA) is 90.8 Å². The third-order valence-electron chi connectivity index (χ3n) is 8.45. The number of amides is 1. The Morgan fingerprint density at radius 2 is 2.11 bits per heavy atom. The number of nitriles is 1. The molecule has 0 spiro atoms. The first-order chi connectivity index (χ1) is 16.7. The van der Waals surface area contributed by atoms with Crippen molar-refractivity contribution < 1.29 is 9.53 Å². The molecule has 2 aromatic rings. The average Bonchev–Trinajstić information content (AvgIpc) is 3.47. The van der Waals surface area contributed by atoms with Crippen LogP contribution in [0.3, 0.4) is 0 Å². The second-order valence-corrected chi connectivity index (χ2v) is 11.6. The molecular formula is C29H36N4O2. The number of hydrogen-bond acceptors (Lipinski definition) is 4. The first-order valence-corrected chi connectivity index (χ1v) is 13.0. The quantitative estimate of drug-likeness (QED) is 0.536. The van der Waals surface area contributed by atoms with Gasteiger partial charge in [-0.25, -0.2) is 4.98 Å². The molecule has 2 aliphatic heterocycles. The van der Waals surface area contributed by atoms with Gasteiger partial charge < -0.3 is 15.0 Å². The molecule has 35 heavy (non-hydrogen) atoms. The Balaban J connectivity index is 1.50. The maximum Gasteiger partial charge on any atom is 0.291 e. The van der Waals surface area contributed by atoms with E-state index in [9.17, 15) is 4.79 Å². The summed E-state index contributed by atoms with van der Waals surface area (Å²) in [5.74, 6) is 1.24. The lowest BCUT2D eigenvalue weighted by molar-refractivity contribution is 0.0250. The predicted octanol–water partition coefficient (Wildman–Crippen LogP) is 6.43. The van der Waals surface area contributed by atoms with Gasteiger partial charge in [0.15, 0.2) is 5.82 Å². The molecular weight excluding hydrogens is 436 g/mol. The number of rotatable bonds is 4. The molecule has 2 fully saturated rings. The Labute approximate surface area is 208 Å². The summed E-state index contributed by atoms with van der Waals surface area (Å²) in [5, 5.41) is 12.1. The molecule has 5 rings (SSSR count). The van der Waals surface area contributed by atoms with Gasteiger partial charge in [0, 0.05) is 11.3 Å². The molecule has 3 aliphatic rings. The van der Waals surface area contributed by atoms with Gasteiger partial charge in [0.1, 0.15) is 11.8 Å². The standard InChI is InChI=1S/C29H36N4O2/c1-17-13-22-6-8-25(35-22)18(2)26(17)20-5-7-24(33-28(34)27-31-16-21(15-30)32-27)23(14-20)19-9-11-29(3,4)12-10-19/h5,7,9,14,16-18,22,25-26H,6,8,10-13H2,1-4H3,(H,31,32)(H,33,34)/t17-,18+,22+,25-,26?/m1/s1. The minimum Gasteiger partial charge on any atom is -0.375 e. The highest BCUT2D eigenvalue weighted by Gasteiger charge is 2.41. The highest BCUT2D eigenvalue weighted by atomic mass is 16.5.